The van der Waals surface area contributed by atoms with Crippen molar-refractivity contribution in [2.45, 2.75) is 32.3 Å². The zero-order valence-electron chi connectivity index (χ0n) is 11.8. The highest BCUT2D eigenvalue weighted by Gasteiger charge is 2.37. The number of aliphatic hydroxyl groups excluding tert-OH is 1. The zero-order valence-corrected chi connectivity index (χ0v) is 11.8. The lowest BCUT2D eigenvalue weighted by molar-refractivity contribution is 0.194. The van der Waals surface area contributed by atoms with Crippen LogP contribution in [0.2, 0.25) is 0 Å². The lowest BCUT2D eigenvalue weighted by Gasteiger charge is -2.25. The normalized spacial score (nSPS) is 27.4. The van der Waals surface area contributed by atoms with Crippen LogP contribution in [0.1, 0.15) is 37.9 Å². The molecule has 1 aromatic rings. The van der Waals surface area contributed by atoms with Gasteiger partial charge in [-0.05, 0) is 43.7 Å². The van der Waals surface area contributed by atoms with E-state index in [0.29, 0.717) is 0 Å². The maximum atomic E-state index is 10.1. The number of rotatable bonds is 3. The average Bonchev–Trinajstić information content (AvgIpc) is 2.98. The molecule has 1 N–H and O–H groups in total. The Balaban J connectivity index is 1.92. The van der Waals surface area contributed by atoms with Gasteiger partial charge in [0.25, 0.3) is 0 Å². The minimum absolute atomic E-state index is 0.494. The van der Waals surface area contributed by atoms with E-state index >= 15 is 0 Å². The molecule has 1 saturated heterocycles. The number of ether oxygens (including phenoxy) is 1. The van der Waals surface area contributed by atoms with Crippen molar-refractivity contribution in [2.24, 2.45) is 11.8 Å². The fourth-order valence-electron chi connectivity index (χ4n) is 3.84. The van der Waals surface area contributed by atoms with E-state index in [4.69, 9.17) is 4.74 Å². The van der Waals surface area contributed by atoms with Crippen LogP contribution in [0.5, 0.6) is 5.75 Å². The van der Waals surface area contributed by atoms with Crippen LogP contribution in [-0.2, 0) is 0 Å². The van der Waals surface area contributed by atoms with Crippen LogP contribution in [-0.4, -0.2) is 25.3 Å². The van der Waals surface area contributed by atoms with Gasteiger partial charge < -0.3 is 14.7 Å². The van der Waals surface area contributed by atoms with E-state index < -0.39 is 6.10 Å². The summed E-state index contributed by atoms with van der Waals surface area (Å²) in [7, 11) is 1.67. The van der Waals surface area contributed by atoms with Gasteiger partial charge in [0.1, 0.15) is 5.75 Å². The number of hydrogen-bond acceptors (Lipinski definition) is 3. The summed E-state index contributed by atoms with van der Waals surface area (Å²) in [6, 6.07) is 6.07. The molecule has 1 aromatic carbocycles. The minimum atomic E-state index is -0.494. The maximum Gasteiger partial charge on any atom is 0.126 e. The first-order chi connectivity index (χ1) is 9.20. The van der Waals surface area contributed by atoms with Gasteiger partial charge in [0.15, 0.2) is 0 Å². The number of methoxy groups -OCH3 is 1. The van der Waals surface area contributed by atoms with Gasteiger partial charge in [0, 0.05) is 24.3 Å². The highest BCUT2D eigenvalue weighted by atomic mass is 16.5. The van der Waals surface area contributed by atoms with Crippen molar-refractivity contribution in [1.82, 2.24) is 0 Å². The summed E-state index contributed by atoms with van der Waals surface area (Å²) >= 11 is 0. The standard InChI is InChI=1S/C16H23NO2/c1-11(18)16-14(7-4-8-15(16)19-2)17-9-12-5-3-6-13(12)10-17/h4,7-8,11-13,18H,3,5-6,9-10H2,1-2H3/t11-,12?,13?/m0/s1. The predicted molar refractivity (Wildman–Crippen MR) is 76.7 cm³/mol. The van der Waals surface area contributed by atoms with Gasteiger partial charge in [0.05, 0.1) is 13.2 Å². The predicted octanol–water partition coefficient (Wildman–Crippen LogP) is 2.98. The molecule has 0 radical (unpaired) electrons. The summed E-state index contributed by atoms with van der Waals surface area (Å²) in [5.41, 5.74) is 2.09. The number of anilines is 1. The second kappa shape index (κ2) is 5.04. The van der Waals surface area contributed by atoms with Crippen LogP contribution in [0.15, 0.2) is 18.2 Å². The summed E-state index contributed by atoms with van der Waals surface area (Å²) in [6.07, 6.45) is 3.64. The lowest BCUT2D eigenvalue weighted by atomic mass is 10.0. The summed E-state index contributed by atoms with van der Waals surface area (Å²) < 4.78 is 5.41. The summed E-state index contributed by atoms with van der Waals surface area (Å²) in [5.74, 6) is 2.51. The molecule has 2 aliphatic rings. The minimum Gasteiger partial charge on any atom is -0.496 e. The summed E-state index contributed by atoms with van der Waals surface area (Å²) in [6.45, 7) is 4.09. The largest absolute Gasteiger partial charge is 0.496 e. The molecule has 3 atom stereocenters. The van der Waals surface area contributed by atoms with Crippen LogP contribution in [0.25, 0.3) is 0 Å². The first kappa shape index (κ1) is 12.8. The smallest absolute Gasteiger partial charge is 0.126 e. The van der Waals surface area contributed by atoms with Gasteiger partial charge in [-0.1, -0.05) is 12.5 Å². The van der Waals surface area contributed by atoms with Crippen molar-refractivity contribution in [3.8, 4) is 5.75 Å². The quantitative estimate of drug-likeness (QED) is 0.908. The van der Waals surface area contributed by atoms with E-state index in [2.05, 4.69) is 11.0 Å². The van der Waals surface area contributed by atoms with Gasteiger partial charge in [-0.15, -0.1) is 0 Å². The molecule has 0 amide bonds. The lowest BCUT2D eigenvalue weighted by Crippen LogP contribution is -2.22. The van der Waals surface area contributed by atoms with Crippen molar-refractivity contribution in [3.63, 3.8) is 0 Å². The van der Waals surface area contributed by atoms with E-state index in [0.717, 1.165) is 41.9 Å². The van der Waals surface area contributed by atoms with Crippen molar-refractivity contribution in [1.29, 1.82) is 0 Å². The first-order valence-corrected chi connectivity index (χ1v) is 7.30. The SMILES string of the molecule is COc1cccc(N2CC3CCCC3C2)c1[C@H](C)O. The Morgan fingerprint density at radius 3 is 2.53 bits per heavy atom. The Morgan fingerprint density at radius 2 is 1.95 bits per heavy atom. The highest BCUT2D eigenvalue weighted by Crippen LogP contribution is 2.42. The molecule has 3 heteroatoms. The van der Waals surface area contributed by atoms with Crippen molar-refractivity contribution >= 4 is 5.69 Å². The molecule has 2 unspecified atom stereocenters. The summed E-state index contributed by atoms with van der Waals surface area (Å²) in [5, 5.41) is 10.1. The second-order valence-corrected chi connectivity index (χ2v) is 5.93. The Hall–Kier alpha value is -1.22. The number of benzene rings is 1. The van der Waals surface area contributed by atoms with Gasteiger partial charge >= 0.3 is 0 Å². The number of hydrogen-bond donors (Lipinski definition) is 1. The molecule has 19 heavy (non-hydrogen) atoms. The molecule has 104 valence electrons. The van der Waals surface area contributed by atoms with Crippen LogP contribution in [0, 0.1) is 11.8 Å². The van der Waals surface area contributed by atoms with Crippen LogP contribution in [0.4, 0.5) is 5.69 Å². The van der Waals surface area contributed by atoms with Crippen LogP contribution >= 0.6 is 0 Å². The molecule has 1 heterocycles. The maximum absolute atomic E-state index is 10.1. The molecule has 0 spiro atoms. The highest BCUT2D eigenvalue weighted by molar-refractivity contribution is 5.61. The molecular formula is C16H23NO2. The molecule has 2 fully saturated rings. The zero-order chi connectivity index (χ0) is 13.4. The number of nitrogens with zero attached hydrogens (tertiary/aromatic N) is 1. The average molecular weight is 261 g/mol. The molecule has 1 aliphatic heterocycles. The fraction of sp³-hybridized carbons (Fsp3) is 0.625. The Labute approximate surface area is 115 Å². The third-order valence-corrected chi connectivity index (χ3v) is 4.75. The topological polar surface area (TPSA) is 32.7 Å². The Morgan fingerprint density at radius 1 is 1.26 bits per heavy atom. The van der Waals surface area contributed by atoms with E-state index in [1.54, 1.807) is 7.11 Å². The van der Waals surface area contributed by atoms with Gasteiger partial charge in [0.2, 0.25) is 0 Å². The van der Waals surface area contributed by atoms with Crippen molar-refractivity contribution in [3.05, 3.63) is 23.8 Å². The van der Waals surface area contributed by atoms with Crippen LogP contribution in [0.3, 0.4) is 0 Å². The van der Waals surface area contributed by atoms with Gasteiger partial charge in [-0.3, -0.25) is 0 Å². The first-order valence-electron chi connectivity index (χ1n) is 7.30. The fourth-order valence-corrected chi connectivity index (χ4v) is 3.84. The summed E-state index contributed by atoms with van der Waals surface area (Å²) in [4.78, 5) is 2.44. The third kappa shape index (κ3) is 2.20. The number of aliphatic hydroxyl groups is 1. The molecule has 0 aromatic heterocycles. The van der Waals surface area contributed by atoms with E-state index in [-0.39, 0.29) is 0 Å². The second-order valence-electron chi connectivity index (χ2n) is 5.93. The molecule has 3 rings (SSSR count). The molecular weight excluding hydrogens is 238 g/mol. The molecule has 0 bridgehead atoms. The van der Waals surface area contributed by atoms with Crippen molar-refractivity contribution < 1.29 is 9.84 Å². The molecule has 1 aliphatic carbocycles. The Kier molecular flexibility index (Phi) is 3.40. The monoisotopic (exact) mass is 261 g/mol. The van der Waals surface area contributed by atoms with Crippen LogP contribution < -0.4 is 9.64 Å². The number of fused-ring (bicyclic) bond motifs is 1. The van der Waals surface area contributed by atoms with Gasteiger partial charge in [-0.25, -0.2) is 0 Å². The third-order valence-electron chi connectivity index (χ3n) is 4.75. The molecule has 3 nitrogen and oxygen atoms in total. The van der Waals surface area contributed by atoms with E-state index in [1.165, 1.54) is 19.3 Å². The van der Waals surface area contributed by atoms with Gasteiger partial charge in [-0.2, -0.15) is 0 Å². The van der Waals surface area contributed by atoms with Crippen molar-refractivity contribution in [2.75, 3.05) is 25.1 Å². The Bertz CT molecular complexity index is 446. The van der Waals surface area contributed by atoms with E-state index in [9.17, 15) is 5.11 Å². The van der Waals surface area contributed by atoms with E-state index in [1.807, 2.05) is 19.1 Å². The molecule has 1 saturated carbocycles.